The van der Waals surface area contributed by atoms with E-state index in [2.05, 4.69) is 16.8 Å². The van der Waals surface area contributed by atoms with Crippen molar-refractivity contribution in [2.45, 2.75) is 51.7 Å². The summed E-state index contributed by atoms with van der Waals surface area (Å²) in [5.41, 5.74) is 0. The number of piperidine rings is 2. The molecule has 0 bridgehead atoms. The van der Waals surface area contributed by atoms with E-state index in [1.165, 1.54) is 0 Å². The fraction of sp³-hybridized carbons (Fsp3) is 1.00. The minimum atomic E-state index is -0.0613. The van der Waals surface area contributed by atoms with Crippen molar-refractivity contribution in [2.24, 2.45) is 0 Å². The van der Waals surface area contributed by atoms with Crippen molar-refractivity contribution >= 4 is 0 Å². The second-order valence-corrected chi connectivity index (χ2v) is 5.09. The number of aliphatic hydroxyl groups excluding tert-OH is 2. The molecular weight excluding hydrogens is 228 g/mol. The van der Waals surface area contributed by atoms with Crippen molar-refractivity contribution in [2.75, 3.05) is 40.3 Å². The molecule has 0 radical (unpaired) electrons. The lowest BCUT2D eigenvalue weighted by atomic mass is 10.1. The van der Waals surface area contributed by atoms with Gasteiger partial charge >= 0.3 is 0 Å². The van der Waals surface area contributed by atoms with Gasteiger partial charge in [0, 0.05) is 19.6 Å². The molecule has 1 atom stereocenters. The van der Waals surface area contributed by atoms with Gasteiger partial charge in [-0.1, -0.05) is 13.8 Å². The standard InChI is InChI=1S/2C6H13NO.C2H6/c1-7-4-2-6(8)3-5-7;1-7-4-2-3-6(8)5-7;1-2/h2*6,8H,2-5H2,1H3;1-2H3. The van der Waals surface area contributed by atoms with E-state index in [4.69, 9.17) is 10.2 Å². The fourth-order valence-corrected chi connectivity index (χ4v) is 2.13. The van der Waals surface area contributed by atoms with Crippen LogP contribution in [0.2, 0.25) is 0 Å². The van der Waals surface area contributed by atoms with Crippen LogP contribution < -0.4 is 0 Å². The minimum Gasteiger partial charge on any atom is -0.393 e. The Labute approximate surface area is 113 Å². The molecule has 0 spiro atoms. The summed E-state index contributed by atoms with van der Waals surface area (Å²) < 4.78 is 0. The van der Waals surface area contributed by atoms with Gasteiger partial charge in [-0.15, -0.1) is 0 Å². The molecular formula is C14H32N2O2. The third-order valence-electron chi connectivity index (χ3n) is 3.29. The van der Waals surface area contributed by atoms with E-state index in [9.17, 15) is 0 Å². The monoisotopic (exact) mass is 260 g/mol. The van der Waals surface area contributed by atoms with E-state index >= 15 is 0 Å². The molecule has 2 fully saturated rings. The van der Waals surface area contributed by atoms with E-state index in [1.807, 2.05) is 20.9 Å². The lowest BCUT2D eigenvalue weighted by Crippen LogP contribution is -2.34. The summed E-state index contributed by atoms with van der Waals surface area (Å²) in [4.78, 5) is 4.40. The number of hydrogen-bond donors (Lipinski definition) is 2. The molecule has 2 heterocycles. The van der Waals surface area contributed by atoms with Gasteiger partial charge in [0.2, 0.25) is 0 Å². The topological polar surface area (TPSA) is 46.9 Å². The minimum absolute atomic E-state index is 0.0220. The van der Waals surface area contributed by atoms with Crippen molar-refractivity contribution in [3.63, 3.8) is 0 Å². The van der Waals surface area contributed by atoms with Gasteiger partial charge in [0.25, 0.3) is 0 Å². The maximum Gasteiger partial charge on any atom is 0.0667 e. The first kappa shape index (κ1) is 17.8. The second kappa shape index (κ2) is 10.7. The normalized spacial score (nSPS) is 26.7. The van der Waals surface area contributed by atoms with Crippen LogP contribution in [0.5, 0.6) is 0 Å². The smallest absolute Gasteiger partial charge is 0.0667 e. The lowest BCUT2D eigenvalue weighted by molar-refractivity contribution is 0.0846. The predicted octanol–water partition coefficient (Wildman–Crippen LogP) is 1.17. The van der Waals surface area contributed by atoms with E-state index in [0.29, 0.717) is 0 Å². The van der Waals surface area contributed by atoms with Crippen LogP contribution in [-0.4, -0.2) is 72.5 Å². The fourth-order valence-electron chi connectivity index (χ4n) is 2.13. The van der Waals surface area contributed by atoms with Crippen molar-refractivity contribution in [1.29, 1.82) is 0 Å². The van der Waals surface area contributed by atoms with E-state index in [1.54, 1.807) is 0 Å². The van der Waals surface area contributed by atoms with Crippen LogP contribution in [0.3, 0.4) is 0 Å². The zero-order valence-electron chi connectivity index (χ0n) is 12.6. The molecule has 1 unspecified atom stereocenters. The van der Waals surface area contributed by atoms with E-state index in [0.717, 1.165) is 51.9 Å². The third kappa shape index (κ3) is 8.86. The molecule has 2 aliphatic heterocycles. The van der Waals surface area contributed by atoms with Crippen molar-refractivity contribution in [1.82, 2.24) is 9.80 Å². The highest BCUT2D eigenvalue weighted by atomic mass is 16.3. The zero-order valence-corrected chi connectivity index (χ0v) is 12.6. The summed E-state index contributed by atoms with van der Waals surface area (Å²) in [6, 6.07) is 0. The molecule has 18 heavy (non-hydrogen) atoms. The van der Waals surface area contributed by atoms with Crippen LogP contribution in [0.15, 0.2) is 0 Å². The number of likely N-dealkylation sites (N-methyl/N-ethyl adjacent to an activating group) is 1. The van der Waals surface area contributed by atoms with Gasteiger partial charge in [-0.2, -0.15) is 0 Å². The van der Waals surface area contributed by atoms with E-state index in [-0.39, 0.29) is 12.2 Å². The van der Waals surface area contributed by atoms with Crippen molar-refractivity contribution < 1.29 is 10.2 Å². The number of β-amino-alcohol motifs (C(OH)–C–C–N with tert-alkyl or cyclic N) is 1. The summed E-state index contributed by atoms with van der Waals surface area (Å²) in [6.07, 6.45) is 3.97. The van der Waals surface area contributed by atoms with Gasteiger partial charge in [-0.25, -0.2) is 0 Å². The largest absolute Gasteiger partial charge is 0.393 e. The molecule has 0 aromatic carbocycles. The molecule has 4 nitrogen and oxygen atoms in total. The maximum atomic E-state index is 9.04. The van der Waals surface area contributed by atoms with Gasteiger partial charge in [-0.3, -0.25) is 0 Å². The molecule has 2 saturated heterocycles. The van der Waals surface area contributed by atoms with Crippen LogP contribution in [-0.2, 0) is 0 Å². The molecule has 2 rings (SSSR count). The van der Waals surface area contributed by atoms with Crippen LogP contribution in [0.4, 0.5) is 0 Å². The number of aliphatic hydroxyl groups is 2. The summed E-state index contributed by atoms with van der Waals surface area (Å²) in [6.45, 7) is 8.12. The molecule has 0 aromatic rings. The SMILES string of the molecule is CC.CN1CCC(O)CC1.CN1CCCC(O)C1. The molecule has 0 aliphatic carbocycles. The predicted molar refractivity (Wildman–Crippen MR) is 76.8 cm³/mol. The Hall–Kier alpha value is -0.160. The summed E-state index contributed by atoms with van der Waals surface area (Å²) in [5, 5.41) is 18.0. The number of nitrogens with zero attached hydrogens (tertiary/aromatic N) is 2. The number of likely N-dealkylation sites (tertiary alicyclic amines) is 2. The number of rotatable bonds is 0. The van der Waals surface area contributed by atoms with Crippen LogP contribution in [0, 0.1) is 0 Å². The summed E-state index contributed by atoms with van der Waals surface area (Å²) in [7, 11) is 4.13. The second-order valence-electron chi connectivity index (χ2n) is 5.09. The quantitative estimate of drug-likeness (QED) is 0.686. The lowest BCUT2D eigenvalue weighted by Gasteiger charge is -2.25. The van der Waals surface area contributed by atoms with Gasteiger partial charge in [0.05, 0.1) is 12.2 Å². The number of hydrogen-bond acceptors (Lipinski definition) is 4. The first-order valence-corrected chi connectivity index (χ1v) is 7.31. The Bertz CT molecular complexity index is 165. The summed E-state index contributed by atoms with van der Waals surface area (Å²) >= 11 is 0. The molecule has 0 amide bonds. The first-order valence-electron chi connectivity index (χ1n) is 7.31. The highest BCUT2D eigenvalue weighted by Gasteiger charge is 2.13. The Morgan fingerprint density at radius 2 is 1.33 bits per heavy atom. The van der Waals surface area contributed by atoms with Crippen LogP contribution in [0.25, 0.3) is 0 Å². The maximum absolute atomic E-state index is 9.04. The molecule has 110 valence electrons. The van der Waals surface area contributed by atoms with Crippen molar-refractivity contribution in [3.05, 3.63) is 0 Å². The zero-order chi connectivity index (χ0) is 14.0. The highest BCUT2D eigenvalue weighted by Crippen LogP contribution is 2.06. The Kier molecular flexibility index (Phi) is 10.6. The van der Waals surface area contributed by atoms with E-state index < -0.39 is 0 Å². The Balaban J connectivity index is 0.000000283. The molecule has 2 N–H and O–H groups in total. The van der Waals surface area contributed by atoms with Gasteiger partial charge < -0.3 is 20.0 Å². The first-order chi connectivity index (χ1) is 8.58. The molecule has 4 heteroatoms. The molecule has 0 saturated carbocycles. The molecule has 2 aliphatic rings. The Morgan fingerprint density at radius 3 is 1.67 bits per heavy atom. The van der Waals surface area contributed by atoms with Gasteiger partial charge in [-0.05, 0) is 46.3 Å². The molecule has 0 aromatic heterocycles. The van der Waals surface area contributed by atoms with Gasteiger partial charge in [0.1, 0.15) is 0 Å². The summed E-state index contributed by atoms with van der Waals surface area (Å²) in [5.74, 6) is 0. The third-order valence-corrected chi connectivity index (χ3v) is 3.29. The van der Waals surface area contributed by atoms with Crippen molar-refractivity contribution in [3.8, 4) is 0 Å². The van der Waals surface area contributed by atoms with Crippen LogP contribution >= 0.6 is 0 Å². The highest BCUT2D eigenvalue weighted by molar-refractivity contribution is 4.68. The average molecular weight is 260 g/mol. The Morgan fingerprint density at radius 1 is 0.778 bits per heavy atom. The van der Waals surface area contributed by atoms with Gasteiger partial charge in [0.15, 0.2) is 0 Å². The average Bonchev–Trinajstić information content (AvgIpc) is 2.36. The van der Waals surface area contributed by atoms with Crippen LogP contribution in [0.1, 0.15) is 39.5 Å².